The van der Waals surface area contributed by atoms with Crippen molar-refractivity contribution >= 4 is 29.3 Å². The van der Waals surface area contributed by atoms with Crippen LogP contribution in [0, 0.1) is 0 Å². The highest BCUT2D eigenvalue weighted by Crippen LogP contribution is 2.24. The molecular weight excluding hydrogens is 352 g/mol. The Kier molecular flexibility index (Phi) is 6.12. The van der Waals surface area contributed by atoms with E-state index in [-0.39, 0.29) is 18.0 Å². The van der Waals surface area contributed by atoms with Gasteiger partial charge in [0, 0.05) is 17.6 Å². The Hall–Kier alpha value is -2.54. The average molecular weight is 372 g/mol. The summed E-state index contributed by atoms with van der Waals surface area (Å²) in [5, 5.41) is 2.81. The van der Waals surface area contributed by atoms with Gasteiger partial charge in [-0.2, -0.15) is 11.8 Å². The van der Waals surface area contributed by atoms with Crippen LogP contribution in [0.4, 0.5) is 5.69 Å². The zero-order valence-electron chi connectivity index (χ0n) is 14.4. The largest absolute Gasteiger partial charge is 0.473 e. The second-order valence-corrected chi connectivity index (χ2v) is 6.86. The van der Waals surface area contributed by atoms with Crippen molar-refractivity contribution in [3.05, 3.63) is 53.7 Å². The third-order valence-corrected chi connectivity index (χ3v) is 4.97. The quantitative estimate of drug-likeness (QED) is 0.783. The van der Waals surface area contributed by atoms with Crippen molar-refractivity contribution in [3.8, 4) is 5.88 Å². The number of ether oxygens (including phenoxy) is 2. The normalized spacial score (nSPS) is 16.1. The van der Waals surface area contributed by atoms with Gasteiger partial charge in [0.05, 0.1) is 12.2 Å². The third kappa shape index (κ3) is 4.54. The van der Waals surface area contributed by atoms with Crippen molar-refractivity contribution in [2.24, 2.45) is 0 Å². The van der Waals surface area contributed by atoms with Gasteiger partial charge in [-0.3, -0.25) is 4.79 Å². The molecule has 1 unspecified atom stereocenters. The van der Waals surface area contributed by atoms with E-state index in [4.69, 9.17) is 9.47 Å². The van der Waals surface area contributed by atoms with Gasteiger partial charge in [0.2, 0.25) is 5.88 Å². The first-order valence-electron chi connectivity index (χ1n) is 8.45. The van der Waals surface area contributed by atoms with E-state index in [1.807, 2.05) is 11.8 Å². The lowest BCUT2D eigenvalue weighted by atomic mass is 10.2. The minimum atomic E-state index is -0.386. The number of anilines is 1. The molecule has 0 bridgehead atoms. The van der Waals surface area contributed by atoms with Gasteiger partial charge in [0.25, 0.3) is 5.91 Å². The monoisotopic (exact) mass is 372 g/mol. The van der Waals surface area contributed by atoms with Crippen molar-refractivity contribution in [1.29, 1.82) is 0 Å². The number of carbonyl (C=O) groups excluding carboxylic acids is 2. The molecule has 1 aliphatic heterocycles. The van der Waals surface area contributed by atoms with Crippen LogP contribution in [0.5, 0.6) is 5.88 Å². The summed E-state index contributed by atoms with van der Waals surface area (Å²) in [7, 11) is 0. The first-order valence-corrected chi connectivity index (χ1v) is 9.61. The fourth-order valence-electron chi connectivity index (χ4n) is 2.52. The van der Waals surface area contributed by atoms with Gasteiger partial charge in [-0.1, -0.05) is 0 Å². The molecule has 1 amide bonds. The van der Waals surface area contributed by atoms with Gasteiger partial charge in [-0.15, -0.1) is 0 Å². The Morgan fingerprint density at radius 2 is 2.08 bits per heavy atom. The number of thioether (sulfide) groups is 1. The maximum atomic E-state index is 12.6. The molecule has 1 saturated heterocycles. The summed E-state index contributed by atoms with van der Waals surface area (Å²) in [5.41, 5.74) is 1.40. The minimum Gasteiger partial charge on any atom is -0.473 e. The van der Waals surface area contributed by atoms with Crippen LogP contribution >= 0.6 is 11.8 Å². The number of nitrogens with one attached hydrogen (secondary N) is 1. The second-order valence-electron chi connectivity index (χ2n) is 5.71. The van der Waals surface area contributed by atoms with Crippen LogP contribution in [0.3, 0.4) is 0 Å². The molecule has 1 N–H and O–H groups in total. The summed E-state index contributed by atoms with van der Waals surface area (Å²) in [4.78, 5) is 28.5. The Labute approximate surface area is 156 Å². The van der Waals surface area contributed by atoms with Gasteiger partial charge < -0.3 is 14.8 Å². The molecule has 1 aliphatic rings. The Morgan fingerprint density at radius 1 is 1.27 bits per heavy atom. The first-order chi connectivity index (χ1) is 12.7. The molecule has 1 aromatic carbocycles. The summed E-state index contributed by atoms with van der Waals surface area (Å²) >= 11 is 1.83. The van der Waals surface area contributed by atoms with Crippen molar-refractivity contribution in [1.82, 2.24) is 4.98 Å². The van der Waals surface area contributed by atoms with Gasteiger partial charge in [0.15, 0.2) is 0 Å². The number of pyridine rings is 1. The molecule has 26 heavy (non-hydrogen) atoms. The van der Waals surface area contributed by atoms with Crippen molar-refractivity contribution in [3.63, 3.8) is 0 Å². The molecule has 1 fully saturated rings. The number of rotatable bonds is 6. The smallest absolute Gasteiger partial charge is 0.338 e. The van der Waals surface area contributed by atoms with E-state index >= 15 is 0 Å². The molecule has 1 atom stereocenters. The van der Waals surface area contributed by atoms with Gasteiger partial charge in [0.1, 0.15) is 11.7 Å². The molecule has 6 nitrogen and oxygen atoms in total. The van der Waals surface area contributed by atoms with E-state index in [9.17, 15) is 9.59 Å². The molecule has 0 saturated carbocycles. The molecule has 0 aliphatic carbocycles. The second kappa shape index (κ2) is 8.71. The number of hydrogen-bond acceptors (Lipinski definition) is 6. The summed E-state index contributed by atoms with van der Waals surface area (Å²) in [6.45, 7) is 2.07. The minimum absolute atomic E-state index is 0.0883. The van der Waals surface area contributed by atoms with Crippen molar-refractivity contribution < 1.29 is 19.1 Å². The van der Waals surface area contributed by atoms with Crippen LogP contribution in [0.25, 0.3) is 0 Å². The van der Waals surface area contributed by atoms with E-state index in [0.29, 0.717) is 29.3 Å². The zero-order valence-corrected chi connectivity index (χ0v) is 15.3. The van der Waals surface area contributed by atoms with Crippen LogP contribution in [0.1, 0.15) is 34.1 Å². The van der Waals surface area contributed by atoms with Gasteiger partial charge in [-0.05, 0) is 55.5 Å². The van der Waals surface area contributed by atoms with E-state index in [0.717, 1.165) is 17.9 Å². The molecule has 3 rings (SSSR count). The number of hydrogen-bond donors (Lipinski definition) is 1. The third-order valence-electron chi connectivity index (χ3n) is 3.84. The maximum absolute atomic E-state index is 12.6. The van der Waals surface area contributed by atoms with E-state index in [1.165, 1.54) is 0 Å². The lowest BCUT2D eigenvalue weighted by Gasteiger charge is -2.14. The SMILES string of the molecule is CCOC(=O)c1ccc(NC(=O)c2cccnc2OC2CCSC2)cc1. The van der Waals surface area contributed by atoms with Crippen LogP contribution < -0.4 is 10.1 Å². The van der Waals surface area contributed by atoms with Gasteiger partial charge in [-0.25, -0.2) is 9.78 Å². The molecule has 2 heterocycles. The summed E-state index contributed by atoms with van der Waals surface area (Å²) in [6.07, 6.45) is 2.66. The standard InChI is InChI=1S/C19H20N2O4S/c1-2-24-19(23)13-5-7-14(8-6-13)21-17(22)16-4-3-10-20-18(16)25-15-9-11-26-12-15/h3-8,10,15H,2,9,11-12H2,1H3,(H,21,22). The van der Waals surface area contributed by atoms with Crippen LogP contribution in [0.2, 0.25) is 0 Å². The predicted octanol–water partition coefficient (Wildman–Crippen LogP) is 3.39. The van der Waals surface area contributed by atoms with Crippen molar-refractivity contribution in [2.45, 2.75) is 19.4 Å². The lowest BCUT2D eigenvalue weighted by Crippen LogP contribution is -2.20. The molecule has 2 aromatic rings. The molecule has 0 radical (unpaired) electrons. The van der Waals surface area contributed by atoms with E-state index in [1.54, 1.807) is 49.5 Å². The molecule has 7 heteroatoms. The topological polar surface area (TPSA) is 77.5 Å². The van der Waals surface area contributed by atoms with Crippen LogP contribution in [-0.4, -0.2) is 41.1 Å². The summed E-state index contributed by atoms with van der Waals surface area (Å²) in [6, 6.07) is 9.94. The highest BCUT2D eigenvalue weighted by molar-refractivity contribution is 7.99. The number of aromatic nitrogens is 1. The van der Waals surface area contributed by atoms with E-state index < -0.39 is 0 Å². The fraction of sp³-hybridized carbons (Fsp3) is 0.316. The number of carbonyl (C=O) groups is 2. The molecule has 1 aromatic heterocycles. The summed E-state index contributed by atoms with van der Waals surface area (Å²) < 4.78 is 10.8. The average Bonchev–Trinajstić information content (AvgIpc) is 3.16. The Balaban J connectivity index is 1.69. The molecular formula is C19H20N2O4S. The fourth-order valence-corrected chi connectivity index (χ4v) is 3.62. The molecule has 136 valence electrons. The number of nitrogens with zero attached hydrogens (tertiary/aromatic N) is 1. The van der Waals surface area contributed by atoms with Crippen LogP contribution in [-0.2, 0) is 4.74 Å². The van der Waals surface area contributed by atoms with Crippen molar-refractivity contribution in [2.75, 3.05) is 23.4 Å². The summed E-state index contributed by atoms with van der Waals surface area (Å²) in [5.74, 6) is 1.63. The van der Waals surface area contributed by atoms with E-state index in [2.05, 4.69) is 10.3 Å². The highest BCUT2D eigenvalue weighted by Gasteiger charge is 2.21. The Morgan fingerprint density at radius 3 is 2.77 bits per heavy atom. The Bertz CT molecular complexity index is 773. The first kappa shape index (κ1) is 18.3. The maximum Gasteiger partial charge on any atom is 0.338 e. The predicted molar refractivity (Wildman–Crippen MR) is 101 cm³/mol. The zero-order chi connectivity index (χ0) is 18.4. The van der Waals surface area contributed by atoms with Gasteiger partial charge >= 0.3 is 5.97 Å². The molecule has 0 spiro atoms. The number of esters is 1. The lowest BCUT2D eigenvalue weighted by molar-refractivity contribution is 0.0526. The number of benzene rings is 1. The highest BCUT2D eigenvalue weighted by atomic mass is 32.2. The van der Waals surface area contributed by atoms with Crippen LogP contribution in [0.15, 0.2) is 42.6 Å². The number of amides is 1.